The van der Waals surface area contributed by atoms with Crippen LogP contribution in [0.15, 0.2) is 18.2 Å². The molecule has 0 aliphatic heterocycles. The van der Waals surface area contributed by atoms with Gasteiger partial charge < -0.3 is 20.3 Å². The maximum absolute atomic E-state index is 12.0. The number of aromatic hydroxyl groups is 2. The molecule has 1 aromatic carbocycles. The van der Waals surface area contributed by atoms with E-state index in [9.17, 15) is 15.0 Å². The maximum Gasteiger partial charge on any atom is 0.258 e. The van der Waals surface area contributed by atoms with Gasteiger partial charge in [0.25, 0.3) is 5.91 Å². The highest BCUT2D eigenvalue weighted by molar-refractivity contribution is 5.99. The van der Waals surface area contributed by atoms with E-state index in [1.54, 1.807) is 7.11 Å². The molecule has 1 aromatic rings. The first kappa shape index (κ1) is 13.7. The average molecular weight is 265 g/mol. The normalized spacial score (nSPS) is 16.1. The Morgan fingerprint density at radius 2 is 2.00 bits per heavy atom. The molecule has 2 rings (SSSR count). The van der Waals surface area contributed by atoms with Crippen LogP contribution in [0.25, 0.3) is 0 Å². The van der Waals surface area contributed by atoms with Crippen molar-refractivity contribution in [3.05, 3.63) is 23.8 Å². The highest BCUT2D eigenvalue weighted by Crippen LogP contribution is 2.48. The molecule has 1 saturated carbocycles. The van der Waals surface area contributed by atoms with Crippen LogP contribution >= 0.6 is 0 Å². The zero-order valence-corrected chi connectivity index (χ0v) is 11.0. The van der Waals surface area contributed by atoms with Gasteiger partial charge >= 0.3 is 0 Å². The summed E-state index contributed by atoms with van der Waals surface area (Å²) in [6.07, 6.45) is 3.06. The van der Waals surface area contributed by atoms with Gasteiger partial charge in [0.15, 0.2) is 0 Å². The summed E-state index contributed by atoms with van der Waals surface area (Å²) in [5.74, 6) is -0.863. The van der Waals surface area contributed by atoms with Crippen molar-refractivity contribution in [1.29, 1.82) is 0 Å². The van der Waals surface area contributed by atoms with E-state index in [0.717, 1.165) is 19.3 Å². The Balaban J connectivity index is 1.95. The zero-order valence-electron chi connectivity index (χ0n) is 11.0. The van der Waals surface area contributed by atoms with Gasteiger partial charge in [-0.15, -0.1) is 0 Å². The lowest BCUT2D eigenvalue weighted by Gasteiger charge is -2.16. The Morgan fingerprint density at radius 3 is 2.53 bits per heavy atom. The molecule has 0 heterocycles. The van der Waals surface area contributed by atoms with Crippen molar-refractivity contribution in [1.82, 2.24) is 5.32 Å². The van der Waals surface area contributed by atoms with Crippen LogP contribution in [0.3, 0.4) is 0 Å². The highest BCUT2D eigenvalue weighted by Gasteiger charge is 2.42. The third-order valence-electron chi connectivity index (χ3n) is 3.67. The van der Waals surface area contributed by atoms with E-state index >= 15 is 0 Å². The zero-order chi connectivity index (χ0) is 13.9. The minimum absolute atomic E-state index is 0.0648. The fraction of sp³-hybridized carbons (Fsp3) is 0.500. The summed E-state index contributed by atoms with van der Waals surface area (Å²) in [5, 5.41) is 22.0. The van der Waals surface area contributed by atoms with E-state index < -0.39 is 5.91 Å². The second kappa shape index (κ2) is 5.48. The van der Waals surface area contributed by atoms with Crippen molar-refractivity contribution in [2.45, 2.75) is 19.3 Å². The first-order valence-corrected chi connectivity index (χ1v) is 6.36. The van der Waals surface area contributed by atoms with Crippen molar-refractivity contribution in [3.63, 3.8) is 0 Å². The third-order valence-corrected chi connectivity index (χ3v) is 3.67. The van der Waals surface area contributed by atoms with Crippen molar-refractivity contribution < 1.29 is 19.7 Å². The summed E-state index contributed by atoms with van der Waals surface area (Å²) in [7, 11) is 1.66. The van der Waals surface area contributed by atoms with Gasteiger partial charge in [0.2, 0.25) is 0 Å². The lowest BCUT2D eigenvalue weighted by atomic mass is 10.0. The van der Waals surface area contributed by atoms with Crippen molar-refractivity contribution in [2.24, 2.45) is 5.41 Å². The Hall–Kier alpha value is -1.75. The van der Waals surface area contributed by atoms with Gasteiger partial charge in [-0.05, 0) is 36.8 Å². The lowest BCUT2D eigenvalue weighted by Crippen LogP contribution is -2.30. The van der Waals surface area contributed by atoms with E-state index in [2.05, 4.69) is 5.32 Å². The smallest absolute Gasteiger partial charge is 0.258 e. The van der Waals surface area contributed by atoms with E-state index in [-0.39, 0.29) is 22.5 Å². The molecule has 0 aromatic heterocycles. The summed E-state index contributed by atoms with van der Waals surface area (Å²) in [5.41, 5.74) is 0.0659. The van der Waals surface area contributed by atoms with Crippen LogP contribution in [0, 0.1) is 5.41 Å². The average Bonchev–Trinajstić information content (AvgIpc) is 3.14. The summed E-state index contributed by atoms with van der Waals surface area (Å²) in [4.78, 5) is 12.0. The predicted octanol–water partition coefficient (Wildman–Crippen LogP) is 1.64. The number of phenolic OH excluding ortho intramolecular Hbond substituents is 2. The number of rotatable bonds is 6. The van der Waals surface area contributed by atoms with Gasteiger partial charge in [-0.25, -0.2) is 0 Å². The minimum Gasteiger partial charge on any atom is -0.507 e. The molecule has 0 atom stereocenters. The molecule has 1 amide bonds. The number of benzene rings is 1. The van der Waals surface area contributed by atoms with Crippen LogP contribution in [0.2, 0.25) is 0 Å². The first-order chi connectivity index (χ1) is 9.08. The molecular formula is C14H19NO4. The van der Waals surface area contributed by atoms with E-state index in [4.69, 9.17) is 4.74 Å². The second-order valence-corrected chi connectivity index (χ2v) is 5.10. The van der Waals surface area contributed by atoms with Crippen LogP contribution in [0.1, 0.15) is 29.6 Å². The number of hydrogen-bond donors (Lipinski definition) is 3. The molecule has 0 unspecified atom stereocenters. The van der Waals surface area contributed by atoms with Crippen LogP contribution in [0.5, 0.6) is 11.5 Å². The lowest BCUT2D eigenvalue weighted by molar-refractivity contribution is 0.0932. The molecule has 0 saturated heterocycles. The molecule has 1 aliphatic carbocycles. The number of ether oxygens (including phenoxy) is 1. The Labute approximate surface area is 112 Å². The summed E-state index contributed by atoms with van der Waals surface area (Å²) < 4.78 is 5.05. The number of methoxy groups -OCH3 is 1. The molecule has 104 valence electrons. The summed E-state index contributed by atoms with van der Waals surface area (Å²) >= 11 is 0. The van der Waals surface area contributed by atoms with E-state index in [1.807, 2.05) is 0 Å². The van der Waals surface area contributed by atoms with Crippen molar-refractivity contribution >= 4 is 5.91 Å². The highest BCUT2D eigenvalue weighted by atomic mass is 16.5. The van der Waals surface area contributed by atoms with E-state index in [0.29, 0.717) is 13.2 Å². The number of carbonyl (C=O) groups excluding carboxylic acids is 1. The molecule has 3 N–H and O–H groups in total. The van der Waals surface area contributed by atoms with E-state index in [1.165, 1.54) is 18.2 Å². The fourth-order valence-corrected chi connectivity index (χ4v) is 2.13. The molecule has 19 heavy (non-hydrogen) atoms. The predicted molar refractivity (Wildman–Crippen MR) is 70.3 cm³/mol. The number of nitrogens with one attached hydrogen (secondary N) is 1. The SMILES string of the molecule is COCCC1(CNC(=O)c2c(O)cccc2O)CC1. The van der Waals surface area contributed by atoms with Crippen molar-refractivity contribution in [2.75, 3.05) is 20.3 Å². The van der Waals surface area contributed by atoms with Gasteiger partial charge in [0.05, 0.1) is 0 Å². The van der Waals surface area contributed by atoms with Gasteiger partial charge in [-0.3, -0.25) is 4.79 Å². The molecule has 0 bridgehead atoms. The molecular weight excluding hydrogens is 246 g/mol. The molecule has 1 fully saturated rings. The largest absolute Gasteiger partial charge is 0.507 e. The standard InChI is InChI=1S/C14H19NO4/c1-19-8-7-14(5-6-14)9-15-13(18)12-10(16)3-2-4-11(12)17/h2-4,16-17H,5-9H2,1H3,(H,15,18). The van der Waals surface area contributed by atoms with Gasteiger partial charge in [-0.1, -0.05) is 6.07 Å². The second-order valence-electron chi connectivity index (χ2n) is 5.10. The minimum atomic E-state index is -0.445. The monoisotopic (exact) mass is 265 g/mol. The molecule has 5 heteroatoms. The van der Waals surface area contributed by atoms with Gasteiger partial charge in [0.1, 0.15) is 17.1 Å². The van der Waals surface area contributed by atoms with Crippen LogP contribution in [-0.4, -0.2) is 36.4 Å². The fourth-order valence-electron chi connectivity index (χ4n) is 2.13. The summed E-state index contributed by atoms with van der Waals surface area (Å²) in [6.45, 7) is 1.22. The van der Waals surface area contributed by atoms with Gasteiger partial charge in [0, 0.05) is 20.3 Å². The molecule has 0 spiro atoms. The first-order valence-electron chi connectivity index (χ1n) is 6.36. The number of hydrogen-bond acceptors (Lipinski definition) is 4. The molecule has 5 nitrogen and oxygen atoms in total. The topological polar surface area (TPSA) is 78.8 Å². The number of amides is 1. The number of phenols is 2. The molecule has 0 radical (unpaired) electrons. The Kier molecular flexibility index (Phi) is 3.95. The number of carbonyl (C=O) groups is 1. The van der Waals surface area contributed by atoms with Gasteiger partial charge in [-0.2, -0.15) is 0 Å². The molecule has 1 aliphatic rings. The van der Waals surface area contributed by atoms with Crippen LogP contribution in [0.4, 0.5) is 0 Å². The quantitative estimate of drug-likeness (QED) is 0.730. The Morgan fingerprint density at radius 1 is 1.37 bits per heavy atom. The third kappa shape index (κ3) is 3.17. The summed E-state index contributed by atoms with van der Waals surface area (Å²) in [6, 6.07) is 4.25. The van der Waals surface area contributed by atoms with Crippen LogP contribution < -0.4 is 5.32 Å². The Bertz CT molecular complexity index is 448. The maximum atomic E-state index is 12.0. The van der Waals surface area contributed by atoms with Crippen LogP contribution in [-0.2, 0) is 4.74 Å². The van der Waals surface area contributed by atoms with Crippen molar-refractivity contribution in [3.8, 4) is 11.5 Å².